The van der Waals surface area contributed by atoms with Crippen LogP contribution in [0.5, 0.6) is 11.5 Å². The molecule has 27 heavy (non-hydrogen) atoms. The van der Waals surface area contributed by atoms with Crippen molar-refractivity contribution in [2.24, 2.45) is 14.1 Å². The van der Waals surface area contributed by atoms with Crippen molar-refractivity contribution in [3.63, 3.8) is 0 Å². The van der Waals surface area contributed by atoms with Crippen LogP contribution in [0.1, 0.15) is 5.56 Å². The quantitative estimate of drug-likeness (QED) is 0.727. The van der Waals surface area contributed by atoms with Gasteiger partial charge in [0.25, 0.3) is 5.56 Å². The molecule has 8 heteroatoms. The van der Waals surface area contributed by atoms with Crippen molar-refractivity contribution >= 4 is 12.0 Å². The zero-order chi connectivity index (χ0) is 19.6. The van der Waals surface area contributed by atoms with Crippen molar-refractivity contribution in [1.29, 1.82) is 0 Å². The second kappa shape index (κ2) is 7.53. The number of carbonyl (C=O) groups is 1. The lowest BCUT2D eigenvalue weighted by Crippen LogP contribution is -2.41. The van der Waals surface area contributed by atoms with Gasteiger partial charge in [0.2, 0.25) is 5.91 Å². The zero-order valence-corrected chi connectivity index (χ0v) is 15.4. The molecule has 0 radical (unpaired) electrons. The van der Waals surface area contributed by atoms with Crippen molar-refractivity contribution in [2.75, 3.05) is 20.2 Å². The summed E-state index contributed by atoms with van der Waals surface area (Å²) in [6.07, 6.45) is 3.84. The summed E-state index contributed by atoms with van der Waals surface area (Å²) in [4.78, 5) is 37.6. The van der Waals surface area contributed by atoms with E-state index in [1.54, 1.807) is 14.1 Å². The highest BCUT2D eigenvalue weighted by atomic mass is 16.6. The predicted molar refractivity (Wildman–Crippen MR) is 99.9 cm³/mol. The Labute approximate surface area is 155 Å². The van der Waals surface area contributed by atoms with Gasteiger partial charge in [-0.3, -0.25) is 14.2 Å². The number of likely N-dealkylation sites (N-methyl/N-ethyl adjacent to an activating group) is 1. The number of hydrogen-bond acceptors (Lipinski definition) is 5. The Morgan fingerprint density at radius 3 is 2.70 bits per heavy atom. The van der Waals surface area contributed by atoms with E-state index in [1.165, 1.54) is 34.9 Å². The SMILES string of the molecule is CN(CC1COc2ccccc2O1)C(=O)/C=C/c1cn(C)c(=O)n(C)c1=O. The van der Waals surface area contributed by atoms with E-state index in [9.17, 15) is 14.4 Å². The molecule has 1 aromatic carbocycles. The molecule has 1 aliphatic rings. The molecule has 0 spiro atoms. The fraction of sp³-hybridized carbons (Fsp3) is 0.316. The molecule has 0 saturated heterocycles. The first-order chi connectivity index (χ1) is 12.9. The third-order valence-electron chi connectivity index (χ3n) is 4.30. The lowest BCUT2D eigenvalue weighted by atomic mass is 10.2. The van der Waals surface area contributed by atoms with Gasteiger partial charge in [-0.15, -0.1) is 0 Å². The molecule has 1 atom stereocenters. The van der Waals surface area contributed by atoms with Crippen LogP contribution >= 0.6 is 0 Å². The molecule has 3 rings (SSSR count). The van der Waals surface area contributed by atoms with Crippen molar-refractivity contribution in [1.82, 2.24) is 14.0 Å². The molecule has 0 N–H and O–H groups in total. The van der Waals surface area contributed by atoms with Crippen LogP contribution in [0.15, 0.2) is 46.1 Å². The van der Waals surface area contributed by atoms with Crippen LogP contribution in [0.25, 0.3) is 6.08 Å². The number of ether oxygens (including phenoxy) is 2. The van der Waals surface area contributed by atoms with Crippen LogP contribution in [-0.4, -0.2) is 46.2 Å². The van der Waals surface area contributed by atoms with E-state index in [1.807, 2.05) is 24.3 Å². The van der Waals surface area contributed by atoms with E-state index in [4.69, 9.17) is 9.47 Å². The number of fused-ring (bicyclic) bond motifs is 1. The van der Waals surface area contributed by atoms with Gasteiger partial charge < -0.3 is 18.9 Å². The fourth-order valence-corrected chi connectivity index (χ4v) is 2.79. The third-order valence-corrected chi connectivity index (χ3v) is 4.30. The molecule has 0 fully saturated rings. The van der Waals surface area contributed by atoms with Crippen molar-refractivity contribution in [2.45, 2.75) is 6.10 Å². The molecule has 2 aromatic rings. The van der Waals surface area contributed by atoms with Crippen LogP contribution in [0.4, 0.5) is 0 Å². The number of aromatic nitrogens is 2. The molecular formula is C19H21N3O5. The molecule has 0 saturated carbocycles. The zero-order valence-electron chi connectivity index (χ0n) is 15.4. The molecule has 1 amide bonds. The van der Waals surface area contributed by atoms with Crippen LogP contribution in [0.3, 0.4) is 0 Å². The molecular weight excluding hydrogens is 350 g/mol. The first-order valence-electron chi connectivity index (χ1n) is 8.45. The van der Waals surface area contributed by atoms with Crippen LogP contribution in [0, 0.1) is 0 Å². The van der Waals surface area contributed by atoms with E-state index in [-0.39, 0.29) is 17.6 Å². The number of para-hydroxylation sites is 2. The number of aryl methyl sites for hydroxylation is 1. The summed E-state index contributed by atoms with van der Waals surface area (Å²) < 4.78 is 13.8. The van der Waals surface area contributed by atoms with E-state index in [0.29, 0.717) is 24.7 Å². The Kier molecular flexibility index (Phi) is 5.16. The lowest BCUT2D eigenvalue weighted by Gasteiger charge is -2.29. The number of amides is 1. The first kappa shape index (κ1) is 18.5. The Balaban J connectivity index is 1.66. The Morgan fingerprint density at radius 1 is 1.26 bits per heavy atom. The first-order valence-corrected chi connectivity index (χ1v) is 8.45. The summed E-state index contributed by atoms with van der Waals surface area (Å²) >= 11 is 0. The average Bonchev–Trinajstić information content (AvgIpc) is 2.67. The lowest BCUT2D eigenvalue weighted by molar-refractivity contribution is -0.126. The smallest absolute Gasteiger partial charge is 0.330 e. The molecule has 0 bridgehead atoms. The van der Waals surface area contributed by atoms with E-state index in [2.05, 4.69) is 0 Å². The van der Waals surface area contributed by atoms with Gasteiger partial charge in [0.1, 0.15) is 6.61 Å². The van der Waals surface area contributed by atoms with Crippen LogP contribution in [-0.2, 0) is 18.9 Å². The van der Waals surface area contributed by atoms with E-state index in [0.717, 1.165) is 4.57 Å². The van der Waals surface area contributed by atoms with Crippen LogP contribution in [0.2, 0.25) is 0 Å². The van der Waals surface area contributed by atoms with Gasteiger partial charge in [-0.1, -0.05) is 12.1 Å². The van der Waals surface area contributed by atoms with Gasteiger partial charge in [0, 0.05) is 33.4 Å². The summed E-state index contributed by atoms with van der Waals surface area (Å²) in [7, 11) is 4.59. The minimum Gasteiger partial charge on any atom is -0.486 e. The summed E-state index contributed by atoms with van der Waals surface area (Å²) in [5.74, 6) is 1.06. The highest BCUT2D eigenvalue weighted by molar-refractivity contribution is 5.91. The van der Waals surface area contributed by atoms with Gasteiger partial charge in [-0.05, 0) is 18.2 Å². The Bertz CT molecular complexity index is 1010. The second-order valence-corrected chi connectivity index (χ2v) is 6.39. The Hall–Kier alpha value is -3.29. The maximum Gasteiger partial charge on any atom is 0.330 e. The summed E-state index contributed by atoms with van der Waals surface area (Å²) in [5.41, 5.74) is -0.617. The molecule has 8 nitrogen and oxygen atoms in total. The highest BCUT2D eigenvalue weighted by Crippen LogP contribution is 2.30. The van der Waals surface area contributed by atoms with Crippen molar-refractivity contribution < 1.29 is 14.3 Å². The third kappa shape index (κ3) is 3.94. The van der Waals surface area contributed by atoms with Crippen molar-refractivity contribution in [3.05, 3.63) is 62.9 Å². The molecule has 1 aliphatic heterocycles. The topological polar surface area (TPSA) is 82.8 Å². The van der Waals surface area contributed by atoms with Gasteiger partial charge in [0.15, 0.2) is 17.6 Å². The minimum absolute atomic E-state index is 0.257. The molecule has 0 aliphatic carbocycles. The summed E-state index contributed by atoms with van der Waals surface area (Å²) in [5, 5.41) is 0. The number of benzene rings is 1. The minimum atomic E-state index is -0.453. The van der Waals surface area contributed by atoms with E-state index < -0.39 is 11.2 Å². The normalized spacial score (nSPS) is 15.7. The number of nitrogens with zero attached hydrogens (tertiary/aromatic N) is 3. The van der Waals surface area contributed by atoms with Crippen molar-refractivity contribution in [3.8, 4) is 11.5 Å². The molecule has 142 valence electrons. The summed E-state index contributed by atoms with van der Waals surface area (Å²) in [6, 6.07) is 7.37. The van der Waals surface area contributed by atoms with Gasteiger partial charge >= 0.3 is 5.69 Å². The largest absolute Gasteiger partial charge is 0.486 e. The van der Waals surface area contributed by atoms with Crippen LogP contribution < -0.4 is 20.7 Å². The number of hydrogen-bond donors (Lipinski definition) is 0. The number of carbonyl (C=O) groups excluding carboxylic acids is 1. The maximum atomic E-state index is 12.3. The van der Waals surface area contributed by atoms with E-state index >= 15 is 0 Å². The average molecular weight is 371 g/mol. The molecule has 1 aromatic heterocycles. The van der Waals surface area contributed by atoms with Gasteiger partial charge in [-0.25, -0.2) is 4.79 Å². The Morgan fingerprint density at radius 2 is 1.96 bits per heavy atom. The highest BCUT2D eigenvalue weighted by Gasteiger charge is 2.23. The maximum absolute atomic E-state index is 12.3. The standard InChI is InChI=1S/C19H21N3O5/c1-20(11-14-12-26-15-6-4-5-7-16(15)27-14)17(23)9-8-13-10-21(2)19(25)22(3)18(13)24/h4-10,14H,11-12H2,1-3H3/b9-8+. The monoisotopic (exact) mass is 371 g/mol. The molecule has 2 heterocycles. The second-order valence-electron chi connectivity index (χ2n) is 6.39. The predicted octanol–water partition coefficient (Wildman–Crippen LogP) is 0.396. The summed E-state index contributed by atoms with van der Waals surface area (Å²) in [6.45, 7) is 0.683. The van der Waals surface area contributed by atoms with Gasteiger partial charge in [-0.2, -0.15) is 0 Å². The molecule has 1 unspecified atom stereocenters. The van der Waals surface area contributed by atoms with Gasteiger partial charge in [0.05, 0.1) is 12.1 Å². The fourth-order valence-electron chi connectivity index (χ4n) is 2.79. The number of rotatable bonds is 4.